The first-order valence-corrected chi connectivity index (χ1v) is 5.70. The van der Waals surface area contributed by atoms with E-state index in [-0.39, 0.29) is 24.5 Å². The van der Waals surface area contributed by atoms with Crippen molar-refractivity contribution in [2.75, 3.05) is 6.61 Å². The van der Waals surface area contributed by atoms with Gasteiger partial charge in [-0.2, -0.15) is 0 Å². The Morgan fingerprint density at radius 3 is 2.63 bits per heavy atom. The molecule has 0 saturated heterocycles. The van der Waals surface area contributed by atoms with E-state index in [2.05, 4.69) is 9.72 Å². The topological polar surface area (TPSA) is 104 Å². The summed E-state index contributed by atoms with van der Waals surface area (Å²) in [5.41, 5.74) is 0.191. The van der Waals surface area contributed by atoms with E-state index in [1.165, 1.54) is 4.57 Å². The molecular formula is C11H15N3O5. The summed E-state index contributed by atoms with van der Waals surface area (Å²) in [6.07, 6.45) is -0.609. The van der Waals surface area contributed by atoms with Crippen LogP contribution in [0.4, 0.5) is 5.82 Å². The Balaban J connectivity index is 2.84. The molecule has 8 heteroatoms. The highest BCUT2D eigenvalue weighted by Crippen LogP contribution is 2.19. The first-order valence-electron chi connectivity index (χ1n) is 5.70. The number of Topliss-reactive ketones (excluding diaryl/α,β-unsaturated/α-hetero) is 1. The van der Waals surface area contributed by atoms with Gasteiger partial charge in [-0.25, -0.2) is 0 Å². The van der Waals surface area contributed by atoms with E-state index in [4.69, 9.17) is 0 Å². The van der Waals surface area contributed by atoms with Crippen LogP contribution in [0.5, 0.6) is 0 Å². The third-order valence-electron chi connectivity index (χ3n) is 2.60. The third-order valence-corrected chi connectivity index (χ3v) is 2.60. The number of hydrogen-bond acceptors (Lipinski definition) is 6. The van der Waals surface area contributed by atoms with Gasteiger partial charge in [0.2, 0.25) is 5.82 Å². The predicted octanol–water partition coefficient (Wildman–Crippen LogP) is 0.702. The van der Waals surface area contributed by atoms with Crippen molar-refractivity contribution < 1.29 is 19.2 Å². The zero-order valence-electron chi connectivity index (χ0n) is 11.0. The number of carbonyl (C=O) groups is 2. The molecule has 104 valence electrons. The molecule has 8 nitrogen and oxygen atoms in total. The average molecular weight is 269 g/mol. The highest BCUT2D eigenvalue weighted by Gasteiger charge is 2.25. The largest absolute Gasteiger partial charge is 0.466 e. The van der Waals surface area contributed by atoms with Crippen molar-refractivity contribution >= 4 is 17.6 Å². The lowest BCUT2D eigenvalue weighted by atomic mass is 10.1. The van der Waals surface area contributed by atoms with Gasteiger partial charge in [-0.05, 0) is 16.8 Å². The summed E-state index contributed by atoms with van der Waals surface area (Å²) in [6, 6.07) is 0. The molecule has 19 heavy (non-hydrogen) atoms. The van der Waals surface area contributed by atoms with Crippen LogP contribution in [0.2, 0.25) is 0 Å². The molecule has 0 amide bonds. The summed E-state index contributed by atoms with van der Waals surface area (Å²) in [4.78, 5) is 36.8. The summed E-state index contributed by atoms with van der Waals surface area (Å²) in [7, 11) is 1.59. The van der Waals surface area contributed by atoms with Crippen molar-refractivity contribution in [1.82, 2.24) is 9.55 Å². The van der Waals surface area contributed by atoms with Gasteiger partial charge in [-0.15, -0.1) is 0 Å². The molecule has 0 aliphatic heterocycles. The number of aryl methyl sites for hydroxylation is 1. The van der Waals surface area contributed by atoms with E-state index in [0.29, 0.717) is 5.82 Å². The first-order chi connectivity index (χ1) is 8.86. The molecule has 0 fully saturated rings. The quantitative estimate of drug-likeness (QED) is 0.326. The maximum atomic E-state index is 11.7. The Morgan fingerprint density at radius 1 is 1.47 bits per heavy atom. The Bertz CT molecular complexity index is 521. The number of esters is 1. The molecule has 0 spiro atoms. The minimum Gasteiger partial charge on any atom is -0.466 e. The van der Waals surface area contributed by atoms with Gasteiger partial charge in [0.1, 0.15) is 17.9 Å². The van der Waals surface area contributed by atoms with Gasteiger partial charge in [-0.3, -0.25) is 9.59 Å². The summed E-state index contributed by atoms with van der Waals surface area (Å²) < 4.78 is 6.12. The summed E-state index contributed by atoms with van der Waals surface area (Å²) >= 11 is 0. The summed E-state index contributed by atoms with van der Waals surface area (Å²) in [5, 5.41) is 10.8. The van der Waals surface area contributed by atoms with Crippen LogP contribution < -0.4 is 0 Å². The summed E-state index contributed by atoms with van der Waals surface area (Å²) in [6.45, 7) is 3.43. The number of ketones is 1. The van der Waals surface area contributed by atoms with Gasteiger partial charge in [0.15, 0.2) is 0 Å². The fraction of sp³-hybridized carbons (Fsp3) is 0.545. The lowest BCUT2D eigenvalue weighted by Crippen LogP contribution is -2.15. The zero-order valence-corrected chi connectivity index (χ0v) is 11.0. The second-order valence-corrected chi connectivity index (χ2v) is 3.94. The summed E-state index contributed by atoms with van der Waals surface area (Å²) in [5.74, 6) is -0.985. The molecule has 1 heterocycles. The van der Waals surface area contributed by atoms with E-state index in [9.17, 15) is 19.7 Å². The van der Waals surface area contributed by atoms with Crippen molar-refractivity contribution in [3.8, 4) is 0 Å². The number of nitrogens with zero attached hydrogens (tertiary/aromatic N) is 3. The van der Waals surface area contributed by atoms with Crippen molar-refractivity contribution in [3.05, 3.63) is 21.6 Å². The monoisotopic (exact) mass is 269 g/mol. The predicted molar refractivity (Wildman–Crippen MR) is 64.6 cm³/mol. The van der Waals surface area contributed by atoms with E-state index < -0.39 is 23.1 Å². The number of ether oxygens (including phenoxy) is 1. The molecule has 0 unspecified atom stereocenters. The smallest absolute Gasteiger partial charge is 0.385 e. The lowest BCUT2D eigenvalue weighted by Gasteiger charge is -2.03. The van der Waals surface area contributed by atoms with Crippen molar-refractivity contribution in [3.63, 3.8) is 0 Å². The zero-order chi connectivity index (χ0) is 14.6. The number of hydrogen-bond donors (Lipinski definition) is 0. The number of carbonyl (C=O) groups excluding carboxylic acids is 2. The molecule has 0 aliphatic rings. The Hall–Kier alpha value is -2.25. The SMILES string of the molecule is CCOC(=O)CC(=O)Cc1c([N+](=O)[O-])nc(C)n1C. The van der Waals surface area contributed by atoms with E-state index in [1.54, 1.807) is 20.9 Å². The second-order valence-electron chi connectivity index (χ2n) is 3.94. The molecule has 0 radical (unpaired) electrons. The number of aromatic nitrogens is 2. The van der Waals surface area contributed by atoms with Gasteiger partial charge in [0.05, 0.1) is 13.0 Å². The second kappa shape index (κ2) is 6.07. The molecule has 1 aromatic rings. The maximum absolute atomic E-state index is 11.7. The van der Waals surface area contributed by atoms with Crippen molar-refractivity contribution in [2.45, 2.75) is 26.7 Å². The minimum absolute atomic E-state index is 0.191. The van der Waals surface area contributed by atoms with Crippen molar-refractivity contribution in [2.24, 2.45) is 7.05 Å². The van der Waals surface area contributed by atoms with Crippen LogP contribution >= 0.6 is 0 Å². The average Bonchev–Trinajstić information content (AvgIpc) is 2.57. The molecular weight excluding hydrogens is 254 g/mol. The van der Waals surface area contributed by atoms with Crippen LogP contribution in [-0.2, 0) is 27.8 Å². The van der Waals surface area contributed by atoms with Gasteiger partial charge in [-0.1, -0.05) is 0 Å². The Labute approximate surface area is 109 Å². The lowest BCUT2D eigenvalue weighted by molar-refractivity contribution is -0.390. The molecule has 0 aliphatic carbocycles. The standard InChI is InChI=1S/C11H15N3O5/c1-4-19-10(16)6-8(15)5-9-11(14(17)18)12-7(2)13(9)3/h4-6H2,1-3H3. The van der Waals surface area contributed by atoms with Crippen LogP contribution in [0.1, 0.15) is 24.9 Å². The fourth-order valence-electron chi connectivity index (χ4n) is 1.60. The number of imidazole rings is 1. The molecule has 0 saturated carbocycles. The van der Waals surface area contributed by atoms with E-state index in [0.717, 1.165) is 0 Å². The third kappa shape index (κ3) is 3.60. The number of rotatable bonds is 6. The van der Waals surface area contributed by atoms with Gasteiger partial charge < -0.3 is 19.4 Å². The first kappa shape index (κ1) is 14.8. The molecule has 0 bridgehead atoms. The van der Waals surface area contributed by atoms with E-state index >= 15 is 0 Å². The van der Waals surface area contributed by atoms with Gasteiger partial charge in [0.25, 0.3) is 0 Å². The van der Waals surface area contributed by atoms with E-state index in [1.807, 2.05) is 0 Å². The van der Waals surface area contributed by atoms with Crippen LogP contribution in [0.15, 0.2) is 0 Å². The number of nitro groups is 1. The molecule has 0 atom stereocenters. The van der Waals surface area contributed by atoms with Crippen molar-refractivity contribution in [1.29, 1.82) is 0 Å². The maximum Gasteiger partial charge on any atom is 0.385 e. The van der Waals surface area contributed by atoms with Crippen LogP contribution in [-0.4, -0.2) is 32.8 Å². The highest BCUT2D eigenvalue weighted by atomic mass is 16.6. The molecule has 0 N–H and O–H groups in total. The normalized spacial score (nSPS) is 10.3. The fourth-order valence-corrected chi connectivity index (χ4v) is 1.60. The molecule has 1 rings (SSSR count). The molecule has 1 aromatic heterocycles. The van der Waals surface area contributed by atoms with Gasteiger partial charge in [0, 0.05) is 14.0 Å². The van der Waals surface area contributed by atoms with Gasteiger partial charge >= 0.3 is 11.8 Å². The minimum atomic E-state index is -0.639. The molecule has 0 aromatic carbocycles. The van der Waals surface area contributed by atoms with Crippen LogP contribution in [0.3, 0.4) is 0 Å². The Morgan fingerprint density at radius 2 is 2.11 bits per heavy atom. The highest BCUT2D eigenvalue weighted by molar-refractivity contribution is 5.96. The van der Waals surface area contributed by atoms with Crippen LogP contribution in [0, 0.1) is 17.0 Å². The Kier molecular flexibility index (Phi) is 4.74. The van der Waals surface area contributed by atoms with Crippen LogP contribution in [0.25, 0.3) is 0 Å².